The van der Waals surface area contributed by atoms with Gasteiger partial charge >= 0.3 is 5.97 Å². The van der Waals surface area contributed by atoms with Crippen LogP contribution in [-0.2, 0) is 4.74 Å². The van der Waals surface area contributed by atoms with Crippen molar-refractivity contribution in [2.75, 3.05) is 14.2 Å². The molecule has 0 aliphatic rings. The van der Waals surface area contributed by atoms with Crippen LogP contribution < -0.4 is 4.74 Å². The van der Waals surface area contributed by atoms with Crippen LogP contribution in [-0.4, -0.2) is 20.2 Å². The van der Waals surface area contributed by atoms with Crippen molar-refractivity contribution in [2.24, 2.45) is 0 Å². The molecule has 3 rings (SSSR count). The van der Waals surface area contributed by atoms with E-state index in [1.54, 1.807) is 30.3 Å². The van der Waals surface area contributed by atoms with Gasteiger partial charge in [0.25, 0.3) is 0 Å². The van der Waals surface area contributed by atoms with Gasteiger partial charge in [-0.05, 0) is 40.6 Å². The molecule has 0 N–H and O–H groups in total. The van der Waals surface area contributed by atoms with Crippen LogP contribution in [0.3, 0.4) is 0 Å². The molecule has 0 saturated heterocycles. The van der Waals surface area contributed by atoms with Crippen LogP contribution in [0.25, 0.3) is 21.9 Å². The molecule has 0 heterocycles. The number of carbonyl (C=O) groups is 1. The molecule has 0 spiro atoms. The van der Waals surface area contributed by atoms with E-state index in [0.717, 1.165) is 17.5 Å². The Labute approximate surface area is 137 Å². The summed E-state index contributed by atoms with van der Waals surface area (Å²) in [6, 6.07) is 12.2. The molecule has 0 radical (unpaired) electrons. The van der Waals surface area contributed by atoms with Crippen LogP contribution >= 0.6 is 0 Å². The Balaban J connectivity index is 2.35. The number of benzene rings is 3. The van der Waals surface area contributed by atoms with Crippen molar-refractivity contribution in [3.05, 3.63) is 65.7 Å². The van der Waals surface area contributed by atoms with Gasteiger partial charge in [0.1, 0.15) is 5.82 Å². The van der Waals surface area contributed by atoms with Crippen molar-refractivity contribution in [3.8, 4) is 16.9 Å². The number of hydrogen-bond donors (Lipinski definition) is 0. The van der Waals surface area contributed by atoms with Crippen molar-refractivity contribution in [1.82, 2.24) is 0 Å². The van der Waals surface area contributed by atoms with Crippen LogP contribution in [0.4, 0.5) is 8.78 Å². The van der Waals surface area contributed by atoms with Gasteiger partial charge in [0.2, 0.25) is 0 Å². The number of hydrogen-bond acceptors (Lipinski definition) is 3. The van der Waals surface area contributed by atoms with E-state index in [9.17, 15) is 13.6 Å². The molecular formula is C19H14F2O3. The van der Waals surface area contributed by atoms with Crippen molar-refractivity contribution >= 4 is 16.7 Å². The number of rotatable bonds is 3. The summed E-state index contributed by atoms with van der Waals surface area (Å²) in [7, 11) is 2.57. The zero-order chi connectivity index (χ0) is 17.3. The predicted molar refractivity (Wildman–Crippen MR) is 87.2 cm³/mol. The number of halogens is 2. The summed E-state index contributed by atoms with van der Waals surface area (Å²) in [5.74, 6) is -1.94. The molecule has 122 valence electrons. The second-order valence-corrected chi connectivity index (χ2v) is 5.17. The first kappa shape index (κ1) is 15.9. The van der Waals surface area contributed by atoms with E-state index in [-0.39, 0.29) is 11.3 Å². The van der Waals surface area contributed by atoms with E-state index < -0.39 is 17.6 Å². The lowest BCUT2D eigenvalue weighted by molar-refractivity contribution is 0.0601. The molecule has 0 aromatic heterocycles. The third kappa shape index (κ3) is 2.58. The quantitative estimate of drug-likeness (QED) is 0.660. The van der Waals surface area contributed by atoms with Gasteiger partial charge in [-0.15, -0.1) is 0 Å². The van der Waals surface area contributed by atoms with Gasteiger partial charge in [0, 0.05) is 0 Å². The highest BCUT2D eigenvalue weighted by molar-refractivity contribution is 6.02. The topological polar surface area (TPSA) is 35.5 Å². The number of carbonyl (C=O) groups excluding carboxylic acids is 1. The summed E-state index contributed by atoms with van der Waals surface area (Å²) >= 11 is 0. The van der Waals surface area contributed by atoms with E-state index in [1.807, 2.05) is 6.07 Å². The Morgan fingerprint density at radius 3 is 2.42 bits per heavy atom. The molecule has 3 aromatic rings. The summed E-state index contributed by atoms with van der Waals surface area (Å²) in [6.07, 6.45) is 0. The van der Waals surface area contributed by atoms with Gasteiger partial charge in [-0.3, -0.25) is 0 Å². The van der Waals surface area contributed by atoms with Crippen LogP contribution in [0.5, 0.6) is 5.75 Å². The highest BCUT2D eigenvalue weighted by atomic mass is 19.1. The van der Waals surface area contributed by atoms with Crippen LogP contribution in [0, 0.1) is 11.6 Å². The van der Waals surface area contributed by atoms with Gasteiger partial charge in [-0.25, -0.2) is 13.6 Å². The molecule has 0 aliphatic heterocycles. The third-order valence-corrected chi connectivity index (χ3v) is 3.84. The minimum Gasteiger partial charge on any atom is -0.493 e. The van der Waals surface area contributed by atoms with E-state index in [2.05, 4.69) is 0 Å². The Morgan fingerprint density at radius 2 is 1.71 bits per heavy atom. The fourth-order valence-corrected chi connectivity index (χ4v) is 2.72. The predicted octanol–water partition coefficient (Wildman–Crippen LogP) is 4.58. The minimum atomic E-state index is -0.657. The van der Waals surface area contributed by atoms with E-state index in [0.29, 0.717) is 16.5 Å². The van der Waals surface area contributed by atoms with Crippen molar-refractivity contribution in [1.29, 1.82) is 0 Å². The molecule has 0 fully saturated rings. The summed E-state index contributed by atoms with van der Waals surface area (Å²) in [5, 5.41) is 1.38. The second kappa shape index (κ2) is 6.28. The molecule has 0 saturated carbocycles. The number of ether oxygens (including phenoxy) is 2. The van der Waals surface area contributed by atoms with Crippen molar-refractivity contribution in [2.45, 2.75) is 0 Å². The Morgan fingerprint density at radius 1 is 0.958 bits per heavy atom. The van der Waals surface area contributed by atoms with Crippen molar-refractivity contribution in [3.63, 3.8) is 0 Å². The Hall–Kier alpha value is -2.95. The van der Waals surface area contributed by atoms with Crippen molar-refractivity contribution < 1.29 is 23.0 Å². The van der Waals surface area contributed by atoms with E-state index in [4.69, 9.17) is 9.47 Å². The molecular weight excluding hydrogens is 314 g/mol. The van der Waals surface area contributed by atoms with Crippen LogP contribution in [0.2, 0.25) is 0 Å². The average Bonchev–Trinajstić information content (AvgIpc) is 2.61. The van der Waals surface area contributed by atoms with Gasteiger partial charge in [-0.1, -0.05) is 24.3 Å². The van der Waals surface area contributed by atoms with Gasteiger partial charge < -0.3 is 9.47 Å². The van der Waals surface area contributed by atoms with Gasteiger partial charge in [0.05, 0.1) is 25.3 Å². The maximum absolute atomic E-state index is 14.4. The lowest BCUT2D eigenvalue weighted by Gasteiger charge is -2.13. The largest absolute Gasteiger partial charge is 0.493 e. The standard InChI is InChI=1S/C19H14F2O3/c1-23-18-16(21)9-8-15(20)17(18)13-5-3-4-11-6-7-12(10-14(11)13)19(22)24-2/h3-10H,1-2H3. The summed E-state index contributed by atoms with van der Waals surface area (Å²) in [4.78, 5) is 11.8. The molecule has 3 nitrogen and oxygen atoms in total. The first-order chi connectivity index (χ1) is 11.6. The minimum absolute atomic E-state index is 0.0186. The molecule has 24 heavy (non-hydrogen) atoms. The summed E-state index contributed by atoms with van der Waals surface area (Å²) in [6.45, 7) is 0. The Bertz CT molecular complexity index is 935. The first-order valence-electron chi connectivity index (χ1n) is 7.20. The zero-order valence-corrected chi connectivity index (χ0v) is 13.1. The monoisotopic (exact) mass is 328 g/mol. The molecule has 5 heteroatoms. The second-order valence-electron chi connectivity index (χ2n) is 5.17. The van der Waals surface area contributed by atoms with Gasteiger partial charge in [-0.2, -0.15) is 0 Å². The fraction of sp³-hybridized carbons (Fsp3) is 0.105. The molecule has 0 unspecified atom stereocenters. The number of esters is 1. The third-order valence-electron chi connectivity index (χ3n) is 3.84. The van der Waals surface area contributed by atoms with E-state index in [1.165, 1.54) is 14.2 Å². The summed E-state index contributed by atoms with van der Waals surface area (Å²) < 4.78 is 38.2. The molecule has 3 aromatic carbocycles. The zero-order valence-electron chi connectivity index (χ0n) is 13.1. The lowest BCUT2D eigenvalue weighted by atomic mass is 9.95. The fourth-order valence-electron chi connectivity index (χ4n) is 2.72. The molecule has 0 bridgehead atoms. The normalized spacial score (nSPS) is 10.7. The SMILES string of the molecule is COC(=O)c1ccc2cccc(-c3c(F)ccc(F)c3OC)c2c1. The number of methoxy groups -OCH3 is 2. The lowest BCUT2D eigenvalue weighted by Crippen LogP contribution is -2.01. The van der Waals surface area contributed by atoms with Crippen LogP contribution in [0.15, 0.2) is 48.5 Å². The molecule has 0 aliphatic carbocycles. The van der Waals surface area contributed by atoms with Crippen LogP contribution in [0.1, 0.15) is 10.4 Å². The molecule has 0 atom stereocenters. The highest BCUT2D eigenvalue weighted by Crippen LogP contribution is 2.38. The maximum atomic E-state index is 14.4. The Kier molecular flexibility index (Phi) is 4.16. The number of fused-ring (bicyclic) bond motifs is 1. The van der Waals surface area contributed by atoms with E-state index >= 15 is 0 Å². The average molecular weight is 328 g/mol. The molecule has 0 amide bonds. The van der Waals surface area contributed by atoms with Gasteiger partial charge in [0.15, 0.2) is 11.6 Å². The smallest absolute Gasteiger partial charge is 0.337 e. The first-order valence-corrected chi connectivity index (χ1v) is 7.20. The summed E-state index contributed by atoms with van der Waals surface area (Å²) in [5.41, 5.74) is 0.783. The maximum Gasteiger partial charge on any atom is 0.337 e. The highest BCUT2D eigenvalue weighted by Gasteiger charge is 2.19.